The van der Waals surface area contributed by atoms with Crippen molar-refractivity contribution in [3.63, 3.8) is 0 Å². The van der Waals surface area contributed by atoms with Gasteiger partial charge in [-0.1, -0.05) is 62.4 Å². The summed E-state index contributed by atoms with van der Waals surface area (Å²) in [7, 11) is 2.08. The van der Waals surface area contributed by atoms with Crippen molar-refractivity contribution >= 4 is 27.6 Å². The maximum atomic E-state index is 7.77. The van der Waals surface area contributed by atoms with Crippen molar-refractivity contribution in [1.29, 1.82) is 0 Å². The Labute approximate surface area is 194 Å². The topological polar surface area (TPSA) is 21.4 Å². The van der Waals surface area contributed by atoms with Gasteiger partial charge in [-0.25, -0.2) is 9.41 Å². The van der Waals surface area contributed by atoms with Crippen LogP contribution in [0.4, 0.5) is 5.69 Å². The molecule has 5 aromatic rings. The summed E-state index contributed by atoms with van der Waals surface area (Å²) >= 11 is 0. The molecule has 0 N–H and O–H groups in total. The van der Waals surface area contributed by atoms with Crippen LogP contribution in [0.15, 0.2) is 71.3 Å². The molecule has 5 rings (SSSR count). The summed E-state index contributed by atoms with van der Waals surface area (Å²) in [4.78, 5) is 3.82. The molecular weight excluding hydrogens is 404 g/mol. The van der Waals surface area contributed by atoms with Gasteiger partial charge in [-0.3, -0.25) is 0 Å². The number of hydrogen-bond acceptors (Lipinski definition) is 1. The minimum absolute atomic E-state index is 0.438. The zero-order chi connectivity index (χ0) is 23.3. The quantitative estimate of drug-likeness (QED) is 0.209. The maximum Gasteiger partial charge on any atom is 0.216 e. The van der Waals surface area contributed by atoms with E-state index in [0.717, 1.165) is 44.3 Å². The second kappa shape index (κ2) is 7.90. The first kappa shape index (κ1) is 21.0. The number of nitrogens with zero attached hydrogens (tertiary/aromatic N) is 2. The highest BCUT2D eigenvalue weighted by Crippen LogP contribution is 2.45. The zero-order valence-corrected chi connectivity index (χ0v) is 19.7. The Morgan fingerprint density at radius 3 is 2.33 bits per heavy atom. The van der Waals surface area contributed by atoms with E-state index in [-0.39, 0.29) is 0 Å². The third-order valence-corrected chi connectivity index (χ3v) is 6.56. The van der Waals surface area contributed by atoms with Crippen molar-refractivity contribution < 1.29 is 8.98 Å². The van der Waals surface area contributed by atoms with Crippen LogP contribution >= 0.6 is 0 Å². The van der Waals surface area contributed by atoms with Gasteiger partial charge < -0.3 is 4.42 Å². The molecule has 0 amide bonds. The number of aromatic nitrogens is 1. The van der Waals surface area contributed by atoms with E-state index in [0.29, 0.717) is 11.6 Å². The first-order valence-corrected chi connectivity index (χ1v) is 11.3. The molecule has 0 saturated heterocycles. The molecule has 0 bridgehead atoms. The lowest BCUT2D eigenvalue weighted by molar-refractivity contribution is -0.660. The Balaban J connectivity index is 1.94. The van der Waals surface area contributed by atoms with Crippen molar-refractivity contribution in [2.45, 2.75) is 33.6 Å². The third-order valence-electron chi connectivity index (χ3n) is 6.56. The molecule has 3 nitrogen and oxygen atoms in total. The highest BCUT2D eigenvalue weighted by molar-refractivity contribution is 6.16. The van der Waals surface area contributed by atoms with Gasteiger partial charge in [0, 0.05) is 28.5 Å². The molecule has 2 aromatic heterocycles. The van der Waals surface area contributed by atoms with Crippen LogP contribution in [0.1, 0.15) is 36.5 Å². The number of hydrogen-bond donors (Lipinski definition) is 0. The van der Waals surface area contributed by atoms with E-state index < -0.39 is 0 Å². The summed E-state index contributed by atoms with van der Waals surface area (Å²) in [6, 6.07) is 20.8. The normalized spacial score (nSPS) is 11.4. The lowest BCUT2D eigenvalue weighted by Gasteiger charge is -2.10. The van der Waals surface area contributed by atoms with Crippen LogP contribution in [0.3, 0.4) is 0 Å². The standard InChI is InChI=1S/C30H27N2O/c1-18(2)22-14-15-32(6)25(17-22)27-20(4)16-19(3)26-23-12-13-24(31-5)28(29(23)33-30(26)27)21-10-8-7-9-11-21/h7-18H,1-4,6H3/q+1. The van der Waals surface area contributed by atoms with Gasteiger partial charge in [0.2, 0.25) is 5.69 Å². The van der Waals surface area contributed by atoms with Crippen LogP contribution in [0.5, 0.6) is 0 Å². The highest BCUT2D eigenvalue weighted by Gasteiger charge is 2.25. The van der Waals surface area contributed by atoms with E-state index in [9.17, 15) is 0 Å². The Kier molecular flexibility index (Phi) is 5.02. The van der Waals surface area contributed by atoms with Crippen LogP contribution in [-0.2, 0) is 7.05 Å². The van der Waals surface area contributed by atoms with Gasteiger partial charge in [0.05, 0.1) is 12.1 Å². The summed E-state index contributed by atoms with van der Waals surface area (Å²) in [5.41, 5.74) is 10.0. The smallest absolute Gasteiger partial charge is 0.216 e. The van der Waals surface area contributed by atoms with Crippen LogP contribution in [-0.4, -0.2) is 0 Å². The van der Waals surface area contributed by atoms with Crippen molar-refractivity contribution in [3.05, 3.63) is 95.0 Å². The lowest BCUT2D eigenvalue weighted by atomic mass is 9.94. The number of rotatable bonds is 3. The Morgan fingerprint density at radius 2 is 1.64 bits per heavy atom. The Hall–Kier alpha value is -3.90. The summed E-state index contributed by atoms with van der Waals surface area (Å²) in [6.45, 7) is 16.5. The molecule has 0 spiro atoms. The van der Waals surface area contributed by atoms with Gasteiger partial charge in [0.25, 0.3) is 0 Å². The number of benzene rings is 3. The average Bonchev–Trinajstić information content (AvgIpc) is 3.19. The Bertz CT molecular complexity index is 1570. The molecule has 0 aliphatic heterocycles. The molecule has 0 aliphatic carbocycles. The van der Waals surface area contributed by atoms with E-state index in [1.165, 1.54) is 16.7 Å². The minimum Gasteiger partial charge on any atom is -0.456 e. The van der Waals surface area contributed by atoms with Gasteiger partial charge in [-0.15, -0.1) is 0 Å². The highest BCUT2D eigenvalue weighted by atomic mass is 16.3. The molecule has 0 unspecified atom stereocenters. The predicted octanol–water partition coefficient (Wildman–Crippen LogP) is 8.04. The fourth-order valence-corrected chi connectivity index (χ4v) is 4.86. The van der Waals surface area contributed by atoms with Crippen LogP contribution in [0.25, 0.3) is 49.2 Å². The molecule has 0 fully saturated rings. The second-order valence-corrected chi connectivity index (χ2v) is 9.12. The van der Waals surface area contributed by atoms with Gasteiger partial charge in [0.15, 0.2) is 11.9 Å². The molecule has 0 atom stereocenters. The number of furan rings is 1. The van der Waals surface area contributed by atoms with E-state index >= 15 is 0 Å². The van der Waals surface area contributed by atoms with Crippen LogP contribution in [0.2, 0.25) is 0 Å². The molecule has 3 aromatic carbocycles. The van der Waals surface area contributed by atoms with Crippen molar-refractivity contribution in [1.82, 2.24) is 0 Å². The lowest BCUT2D eigenvalue weighted by Crippen LogP contribution is -2.31. The van der Waals surface area contributed by atoms with E-state index in [1.807, 2.05) is 42.5 Å². The van der Waals surface area contributed by atoms with Crippen LogP contribution < -0.4 is 4.57 Å². The largest absolute Gasteiger partial charge is 0.456 e. The monoisotopic (exact) mass is 431 g/mol. The fraction of sp³-hybridized carbons (Fsp3) is 0.200. The third kappa shape index (κ3) is 3.31. The number of aryl methyl sites for hydroxylation is 3. The van der Waals surface area contributed by atoms with Gasteiger partial charge in [-0.05, 0) is 42.0 Å². The van der Waals surface area contributed by atoms with Gasteiger partial charge in [-0.2, -0.15) is 0 Å². The maximum absolute atomic E-state index is 7.77. The first-order chi connectivity index (χ1) is 15.9. The molecule has 2 heterocycles. The fourth-order valence-electron chi connectivity index (χ4n) is 4.86. The Morgan fingerprint density at radius 1 is 0.879 bits per heavy atom. The van der Waals surface area contributed by atoms with Gasteiger partial charge >= 0.3 is 0 Å². The second-order valence-electron chi connectivity index (χ2n) is 9.12. The SMILES string of the molecule is [C-]#[N+]c1ccc2c(oc3c(-c4cc(C(C)C)cc[n+]4C)c(C)cc(C)c32)c1-c1ccccc1. The van der Waals surface area contributed by atoms with Crippen LogP contribution in [0, 0.1) is 20.4 Å². The van der Waals surface area contributed by atoms with Gasteiger partial charge in [0.1, 0.15) is 18.2 Å². The minimum atomic E-state index is 0.438. The molecule has 3 heteroatoms. The predicted molar refractivity (Wildman–Crippen MR) is 136 cm³/mol. The molecule has 162 valence electrons. The number of pyridine rings is 1. The van der Waals surface area contributed by atoms with E-state index in [4.69, 9.17) is 11.0 Å². The summed E-state index contributed by atoms with van der Waals surface area (Å²) in [5.74, 6) is 0.438. The van der Waals surface area contributed by atoms with E-state index in [1.54, 1.807) is 0 Å². The van der Waals surface area contributed by atoms with E-state index in [2.05, 4.69) is 68.6 Å². The first-order valence-electron chi connectivity index (χ1n) is 11.3. The van der Waals surface area contributed by atoms with Crippen molar-refractivity contribution in [3.8, 4) is 22.4 Å². The van der Waals surface area contributed by atoms with Crippen molar-refractivity contribution in [2.24, 2.45) is 7.05 Å². The molecule has 0 aliphatic rings. The summed E-state index contributed by atoms with van der Waals surface area (Å²) in [5, 5.41) is 2.17. The average molecular weight is 432 g/mol. The molecule has 33 heavy (non-hydrogen) atoms. The zero-order valence-electron chi connectivity index (χ0n) is 19.7. The summed E-state index contributed by atoms with van der Waals surface area (Å²) < 4.78 is 8.89. The molecular formula is C30H27N2O+. The number of fused-ring (bicyclic) bond motifs is 3. The molecule has 0 saturated carbocycles. The van der Waals surface area contributed by atoms with Crippen molar-refractivity contribution in [2.75, 3.05) is 0 Å². The summed E-state index contributed by atoms with van der Waals surface area (Å²) in [6.07, 6.45) is 2.13. The molecule has 0 radical (unpaired) electrons.